The van der Waals surface area contributed by atoms with Crippen LogP contribution in [0.3, 0.4) is 0 Å². The van der Waals surface area contributed by atoms with E-state index < -0.39 is 22.8 Å². The quantitative estimate of drug-likeness (QED) is 0.434. The third-order valence-electron chi connectivity index (χ3n) is 5.45. The molecule has 1 saturated heterocycles. The highest BCUT2D eigenvalue weighted by molar-refractivity contribution is 6.31. The molecule has 0 atom stereocenters. The number of urea groups is 1. The highest BCUT2D eigenvalue weighted by atomic mass is 35.5. The molecular weight excluding hydrogens is 515 g/mol. The Morgan fingerprint density at radius 1 is 0.865 bits per heavy atom. The maximum Gasteiger partial charge on any atom is 0.417 e. The minimum Gasteiger partial charge on any atom is -0.465 e. The fraction of sp³-hybridized carbons (Fsp3) is 0.375. The fourth-order valence-electron chi connectivity index (χ4n) is 3.65. The molecule has 1 aliphatic heterocycles. The predicted octanol–water partition coefficient (Wildman–Crippen LogP) is 4.12. The van der Waals surface area contributed by atoms with Crippen LogP contribution in [0, 0.1) is 0 Å². The topological polar surface area (TPSA) is 103 Å². The molecular formula is C24H27ClF3N5O4. The minimum absolute atomic E-state index is 0.0982. The van der Waals surface area contributed by atoms with Gasteiger partial charge in [0.15, 0.2) is 0 Å². The van der Waals surface area contributed by atoms with E-state index in [1.54, 1.807) is 31.2 Å². The second kappa shape index (κ2) is 12.7. The average molecular weight is 542 g/mol. The van der Waals surface area contributed by atoms with E-state index in [2.05, 4.69) is 16.0 Å². The molecule has 37 heavy (non-hydrogen) atoms. The number of alkyl halides is 3. The van der Waals surface area contributed by atoms with Crippen LogP contribution in [0.15, 0.2) is 42.5 Å². The summed E-state index contributed by atoms with van der Waals surface area (Å²) in [5.74, 6) is -0.454. The summed E-state index contributed by atoms with van der Waals surface area (Å²) in [7, 11) is 0. The number of hydrogen-bond acceptors (Lipinski definition) is 6. The minimum atomic E-state index is -4.59. The van der Waals surface area contributed by atoms with Crippen molar-refractivity contribution in [3.8, 4) is 0 Å². The molecule has 0 unspecified atom stereocenters. The van der Waals surface area contributed by atoms with Crippen LogP contribution >= 0.6 is 11.6 Å². The zero-order valence-corrected chi connectivity index (χ0v) is 20.8. The van der Waals surface area contributed by atoms with Crippen molar-refractivity contribution in [1.82, 2.24) is 9.80 Å². The number of carbonyl (C=O) groups excluding carboxylic acids is 3. The molecule has 0 radical (unpaired) electrons. The standard InChI is InChI=1S/C24H27ClF3N5O4/c1-2-37-22(35)15-33-11-9-32(10-12-33)14-21(34)29-16-3-5-17(6-4-16)30-23(36)31-18-7-8-19(20(25)13-18)24(26,27)28/h3-8,13H,2,9-12,14-15H2,1H3,(H,29,34)(H2,30,31,36). The molecule has 3 amide bonds. The van der Waals surface area contributed by atoms with Gasteiger partial charge in [-0.25, -0.2) is 4.79 Å². The average Bonchev–Trinajstić information content (AvgIpc) is 2.81. The van der Waals surface area contributed by atoms with Gasteiger partial charge in [-0.1, -0.05) is 11.6 Å². The number of carbonyl (C=O) groups is 3. The van der Waals surface area contributed by atoms with E-state index in [-0.39, 0.29) is 30.7 Å². The summed E-state index contributed by atoms with van der Waals surface area (Å²) in [6.07, 6.45) is -4.59. The largest absolute Gasteiger partial charge is 0.465 e. The molecule has 9 nitrogen and oxygen atoms in total. The highest BCUT2D eigenvalue weighted by Crippen LogP contribution is 2.35. The SMILES string of the molecule is CCOC(=O)CN1CCN(CC(=O)Nc2ccc(NC(=O)Nc3ccc(C(F)(F)F)c(Cl)c3)cc2)CC1. The van der Waals surface area contributed by atoms with Crippen LogP contribution in [0.5, 0.6) is 0 Å². The highest BCUT2D eigenvalue weighted by Gasteiger charge is 2.33. The maximum absolute atomic E-state index is 12.8. The fourth-order valence-corrected chi connectivity index (χ4v) is 3.94. The number of amides is 3. The summed E-state index contributed by atoms with van der Waals surface area (Å²) in [6.45, 7) is 5.17. The first kappa shape index (κ1) is 28.2. The van der Waals surface area contributed by atoms with Gasteiger partial charge >= 0.3 is 18.2 Å². The lowest BCUT2D eigenvalue weighted by molar-refractivity contribution is -0.145. The first-order chi connectivity index (χ1) is 17.5. The van der Waals surface area contributed by atoms with Gasteiger partial charge in [-0.3, -0.25) is 19.4 Å². The van der Waals surface area contributed by atoms with Gasteiger partial charge in [0.05, 0.1) is 30.3 Å². The van der Waals surface area contributed by atoms with Crippen LogP contribution in [0.4, 0.5) is 35.0 Å². The van der Waals surface area contributed by atoms with Crippen molar-refractivity contribution in [3.05, 3.63) is 53.1 Å². The van der Waals surface area contributed by atoms with E-state index in [1.165, 1.54) is 0 Å². The lowest BCUT2D eigenvalue weighted by Crippen LogP contribution is -2.49. The van der Waals surface area contributed by atoms with Crippen molar-refractivity contribution in [2.45, 2.75) is 13.1 Å². The molecule has 0 saturated carbocycles. The third-order valence-corrected chi connectivity index (χ3v) is 5.76. The Bertz CT molecular complexity index is 1110. The Kier molecular flexibility index (Phi) is 9.73. The number of nitrogens with zero attached hydrogens (tertiary/aromatic N) is 2. The number of ether oxygens (including phenoxy) is 1. The van der Waals surface area contributed by atoms with Gasteiger partial charge in [0.1, 0.15) is 0 Å². The van der Waals surface area contributed by atoms with Crippen molar-refractivity contribution in [2.75, 3.05) is 61.8 Å². The van der Waals surface area contributed by atoms with Gasteiger partial charge in [0.2, 0.25) is 5.91 Å². The van der Waals surface area contributed by atoms with Crippen LogP contribution < -0.4 is 16.0 Å². The number of hydrogen-bond donors (Lipinski definition) is 3. The summed E-state index contributed by atoms with van der Waals surface area (Å²) in [6, 6.07) is 8.61. The van der Waals surface area contributed by atoms with Gasteiger partial charge in [-0.05, 0) is 49.4 Å². The lowest BCUT2D eigenvalue weighted by atomic mass is 10.2. The first-order valence-corrected chi connectivity index (χ1v) is 11.9. The van der Waals surface area contributed by atoms with E-state index in [1.807, 2.05) is 9.80 Å². The van der Waals surface area contributed by atoms with Gasteiger partial charge < -0.3 is 20.7 Å². The molecule has 1 aliphatic rings. The molecule has 3 N–H and O–H groups in total. The number of piperazine rings is 1. The van der Waals surface area contributed by atoms with E-state index in [0.717, 1.165) is 18.2 Å². The number of rotatable bonds is 8. The molecule has 0 aliphatic carbocycles. The summed E-state index contributed by atoms with van der Waals surface area (Å²) in [5, 5.41) is 7.23. The molecule has 2 aromatic rings. The Morgan fingerprint density at radius 2 is 1.38 bits per heavy atom. The van der Waals surface area contributed by atoms with E-state index in [9.17, 15) is 27.6 Å². The molecule has 200 valence electrons. The van der Waals surface area contributed by atoms with Crippen molar-refractivity contribution in [3.63, 3.8) is 0 Å². The molecule has 0 spiro atoms. The molecule has 1 fully saturated rings. The summed E-state index contributed by atoms with van der Waals surface area (Å²) >= 11 is 5.66. The molecule has 13 heteroatoms. The molecule has 1 heterocycles. The normalized spacial score (nSPS) is 14.6. The van der Waals surface area contributed by atoms with Crippen molar-refractivity contribution < 1.29 is 32.3 Å². The summed E-state index contributed by atoms with van der Waals surface area (Å²) in [5.41, 5.74) is 0.0489. The van der Waals surface area contributed by atoms with Gasteiger partial charge in [0.25, 0.3) is 0 Å². The molecule has 3 rings (SSSR count). The van der Waals surface area contributed by atoms with E-state index >= 15 is 0 Å². The second-order valence-corrected chi connectivity index (χ2v) is 8.66. The lowest BCUT2D eigenvalue weighted by Gasteiger charge is -2.33. The number of esters is 1. The van der Waals surface area contributed by atoms with Crippen LogP contribution in [-0.2, 0) is 20.5 Å². The van der Waals surface area contributed by atoms with Crippen LogP contribution in [0.1, 0.15) is 12.5 Å². The zero-order valence-electron chi connectivity index (χ0n) is 20.0. The van der Waals surface area contributed by atoms with Crippen LogP contribution in [0.25, 0.3) is 0 Å². The van der Waals surface area contributed by atoms with Gasteiger partial charge in [-0.2, -0.15) is 13.2 Å². The summed E-state index contributed by atoms with van der Waals surface area (Å²) < 4.78 is 43.4. The summed E-state index contributed by atoms with van der Waals surface area (Å²) in [4.78, 5) is 40.1. The molecule has 0 aromatic heterocycles. The van der Waals surface area contributed by atoms with Gasteiger partial charge in [0, 0.05) is 43.2 Å². The van der Waals surface area contributed by atoms with E-state index in [4.69, 9.17) is 16.3 Å². The Balaban J connectivity index is 1.42. The molecule has 0 bridgehead atoms. The monoisotopic (exact) mass is 541 g/mol. The zero-order chi connectivity index (χ0) is 27.0. The molecule has 2 aromatic carbocycles. The first-order valence-electron chi connectivity index (χ1n) is 11.5. The number of benzene rings is 2. The Hall–Kier alpha value is -3.35. The Labute approximate surface area is 216 Å². The smallest absolute Gasteiger partial charge is 0.417 e. The maximum atomic E-state index is 12.8. The van der Waals surface area contributed by atoms with Crippen molar-refractivity contribution in [2.24, 2.45) is 0 Å². The van der Waals surface area contributed by atoms with E-state index in [0.29, 0.717) is 44.2 Å². The number of anilines is 3. The Morgan fingerprint density at radius 3 is 1.92 bits per heavy atom. The second-order valence-electron chi connectivity index (χ2n) is 8.25. The number of nitrogens with one attached hydrogen (secondary N) is 3. The third kappa shape index (κ3) is 8.92. The van der Waals surface area contributed by atoms with Gasteiger partial charge in [-0.15, -0.1) is 0 Å². The van der Waals surface area contributed by atoms with Crippen LogP contribution in [0.2, 0.25) is 5.02 Å². The number of halogens is 4. The predicted molar refractivity (Wildman–Crippen MR) is 134 cm³/mol. The van der Waals surface area contributed by atoms with Crippen molar-refractivity contribution in [1.29, 1.82) is 0 Å². The van der Waals surface area contributed by atoms with Crippen LogP contribution in [-0.4, -0.2) is 73.6 Å². The van der Waals surface area contributed by atoms with Crippen molar-refractivity contribution >= 4 is 46.6 Å².